The van der Waals surface area contributed by atoms with Crippen LogP contribution in [-0.2, 0) is 9.47 Å². The van der Waals surface area contributed by atoms with Crippen molar-refractivity contribution in [2.45, 2.75) is 25.7 Å². The molecule has 1 aliphatic rings. The number of anilines is 1. The van der Waals surface area contributed by atoms with Gasteiger partial charge in [-0.25, -0.2) is 4.68 Å². The lowest BCUT2D eigenvalue weighted by atomic mass is 10.1. The summed E-state index contributed by atoms with van der Waals surface area (Å²) in [6, 6.07) is 10.5. The lowest BCUT2D eigenvalue weighted by Crippen LogP contribution is -2.34. The Hall–Kier alpha value is -1.85. The molecule has 1 unspecified atom stereocenters. The standard InChI is InChI=1S/C16H21N3O2/c1-11-6-4-5-7-12(11)13-10-15-17-9-8-14(19(15)18-13)16(20-2)21-3/h4-7,10,14,16-17H,8-9H2,1-3H3. The maximum absolute atomic E-state index is 5.42. The SMILES string of the molecule is COC(OC)C1CCNc2cc(-c3ccccc3C)nn21. The van der Waals surface area contributed by atoms with Crippen molar-refractivity contribution in [3.05, 3.63) is 35.9 Å². The second-order valence-electron chi connectivity index (χ2n) is 5.30. The zero-order chi connectivity index (χ0) is 14.8. The minimum Gasteiger partial charge on any atom is -0.370 e. The Bertz CT molecular complexity index is 620. The van der Waals surface area contributed by atoms with Crippen LogP contribution in [-0.4, -0.2) is 36.8 Å². The molecule has 2 heterocycles. The van der Waals surface area contributed by atoms with E-state index >= 15 is 0 Å². The fourth-order valence-electron chi connectivity index (χ4n) is 2.90. The minimum atomic E-state index is -0.282. The number of rotatable bonds is 4. The molecule has 1 aliphatic heterocycles. The third kappa shape index (κ3) is 2.54. The van der Waals surface area contributed by atoms with Gasteiger partial charge < -0.3 is 14.8 Å². The predicted molar refractivity (Wildman–Crippen MR) is 82.3 cm³/mol. The van der Waals surface area contributed by atoms with Gasteiger partial charge in [0.2, 0.25) is 0 Å². The average Bonchev–Trinajstić information content (AvgIpc) is 2.93. The number of ether oxygens (including phenoxy) is 2. The maximum Gasteiger partial charge on any atom is 0.179 e. The Labute approximate surface area is 124 Å². The van der Waals surface area contributed by atoms with Gasteiger partial charge in [-0.2, -0.15) is 5.10 Å². The van der Waals surface area contributed by atoms with Crippen LogP contribution in [0.1, 0.15) is 18.0 Å². The number of nitrogens with zero attached hydrogens (tertiary/aromatic N) is 2. The van der Waals surface area contributed by atoms with Crippen LogP contribution in [0.3, 0.4) is 0 Å². The smallest absolute Gasteiger partial charge is 0.179 e. The van der Waals surface area contributed by atoms with Crippen LogP contribution in [0.25, 0.3) is 11.3 Å². The Balaban J connectivity index is 2.00. The third-order valence-corrected chi connectivity index (χ3v) is 4.00. The summed E-state index contributed by atoms with van der Waals surface area (Å²) in [5.74, 6) is 1.02. The first-order chi connectivity index (χ1) is 10.2. The number of benzene rings is 1. The average molecular weight is 287 g/mol. The number of fused-ring (bicyclic) bond motifs is 1. The fraction of sp³-hybridized carbons (Fsp3) is 0.438. The Morgan fingerprint density at radius 3 is 2.76 bits per heavy atom. The Morgan fingerprint density at radius 2 is 2.05 bits per heavy atom. The van der Waals surface area contributed by atoms with Crippen LogP contribution in [0.15, 0.2) is 30.3 Å². The van der Waals surface area contributed by atoms with Crippen LogP contribution in [0.2, 0.25) is 0 Å². The van der Waals surface area contributed by atoms with Crippen molar-refractivity contribution in [1.82, 2.24) is 9.78 Å². The van der Waals surface area contributed by atoms with Gasteiger partial charge in [0, 0.05) is 32.4 Å². The zero-order valence-electron chi connectivity index (χ0n) is 12.7. The highest BCUT2D eigenvalue weighted by atomic mass is 16.7. The van der Waals surface area contributed by atoms with Gasteiger partial charge in [0.05, 0.1) is 5.69 Å². The zero-order valence-corrected chi connectivity index (χ0v) is 12.7. The summed E-state index contributed by atoms with van der Waals surface area (Å²) in [4.78, 5) is 0. The predicted octanol–water partition coefficient (Wildman–Crippen LogP) is 2.83. The number of hydrogen-bond donors (Lipinski definition) is 1. The van der Waals surface area contributed by atoms with E-state index < -0.39 is 0 Å². The van der Waals surface area contributed by atoms with Crippen molar-refractivity contribution in [3.63, 3.8) is 0 Å². The summed E-state index contributed by atoms with van der Waals surface area (Å²) in [5, 5.41) is 8.17. The van der Waals surface area contributed by atoms with Crippen LogP contribution in [0, 0.1) is 6.92 Å². The lowest BCUT2D eigenvalue weighted by Gasteiger charge is -2.30. The molecule has 1 aromatic heterocycles. The third-order valence-electron chi connectivity index (χ3n) is 4.00. The van der Waals surface area contributed by atoms with E-state index in [9.17, 15) is 0 Å². The van der Waals surface area contributed by atoms with E-state index in [1.807, 2.05) is 16.8 Å². The highest BCUT2D eigenvalue weighted by Crippen LogP contribution is 2.32. The van der Waals surface area contributed by atoms with E-state index in [0.717, 1.165) is 30.0 Å². The molecule has 5 nitrogen and oxygen atoms in total. The first-order valence-electron chi connectivity index (χ1n) is 7.19. The molecule has 0 spiro atoms. The van der Waals surface area contributed by atoms with Gasteiger partial charge in [-0.05, 0) is 18.9 Å². The molecule has 0 fully saturated rings. The molecule has 1 atom stereocenters. The number of nitrogens with one attached hydrogen (secondary N) is 1. The van der Waals surface area contributed by atoms with Gasteiger partial charge in [-0.3, -0.25) is 0 Å². The Morgan fingerprint density at radius 1 is 1.29 bits per heavy atom. The number of aromatic nitrogens is 2. The summed E-state index contributed by atoms with van der Waals surface area (Å²) in [6.07, 6.45) is 0.643. The van der Waals surface area contributed by atoms with Crippen molar-refractivity contribution < 1.29 is 9.47 Å². The highest BCUT2D eigenvalue weighted by Gasteiger charge is 2.29. The molecule has 0 radical (unpaired) electrons. The van der Waals surface area contributed by atoms with Crippen LogP contribution in [0.5, 0.6) is 0 Å². The van der Waals surface area contributed by atoms with Gasteiger partial charge >= 0.3 is 0 Å². The van der Waals surface area contributed by atoms with Gasteiger partial charge in [-0.15, -0.1) is 0 Å². The quantitative estimate of drug-likeness (QED) is 0.878. The maximum atomic E-state index is 5.42. The summed E-state index contributed by atoms with van der Waals surface area (Å²) >= 11 is 0. The molecular weight excluding hydrogens is 266 g/mol. The topological polar surface area (TPSA) is 48.3 Å². The molecule has 21 heavy (non-hydrogen) atoms. The number of aryl methyl sites for hydroxylation is 1. The van der Waals surface area contributed by atoms with Crippen molar-refractivity contribution in [2.24, 2.45) is 0 Å². The number of hydrogen-bond acceptors (Lipinski definition) is 4. The molecule has 0 saturated carbocycles. The fourth-order valence-corrected chi connectivity index (χ4v) is 2.90. The monoisotopic (exact) mass is 287 g/mol. The second-order valence-corrected chi connectivity index (χ2v) is 5.30. The van der Waals surface area contributed by atoms with Gasteiger partial charge in [0.1, 0.15) is 11.9 Å². The Kier molecular flexibility index (Phi) is 3.94. The summed E-state index contributed by atoms with van der Waals surface area (Å²) < 4.78 is 12.8. The summed E-state index contributed by atoms with van der Waals surface area (Å²) in [5.41, 5.74) is 3.36. The lowest BCUT2D eigenvalue weighted by molar-refractivity contribution is -0.135. The first-order valence-corrected chi connectivity index (χ1v) is 7.19. The molecule has 2 aromatic rings. The summed E-state index contributed by atoms with van der Waals surface area (Å²) in [6.45, 7) is 3.00. The number of methoxy groups -OCH3 is 2. The van der Waals surface area contributed by atoms with Crippen LogP contribution < -0.4 is 5.32 Å². The second kappa shape index (κ2) is 5.87. The highest BCUT2D eigenvalue weighted by molar-refractivity contribution is 5.66. The molecule has 0 bridgehead atoms. The molecule has 3 rings (SSSR count). The molecule has 1 N–H and O–H groups in total. The van der Waals surface area contributed by atoms with Gasteiger partial charge in [0.25, 0.3) is 0 Å². The van der Waals surface area contributed by atoms with Gasteiger partial charge in [-0.1, -0.05) is 24.3 Å². The molecule has 0 aliphatic carbocycles. The molecule has 5 heteroatoms. The van der Waals surface area contributed by atoms with Crippen molar-refractivity contribution >= 4 is 5.82 Å². The van der Waals surface area contributed by atoms with Crippen LogP contribution >= 0.6 is 0 Å². The van der Waals surface area contributed by atoms with E-state index in [1.54, 1.807) is 14.2 Å². The van der Waals surface area contributed by atoms with E-state index in [4.69, 9.17) is 14.6 Å². The molecule has 0 amide bonds. The van der Waals surface area contributed by atoms with E-state index in [0.29, 0.717) is 0 Å². The van der Waals surface area contributed by atoms with Crippen molar-refractivity contribution in [2.75, 3.05) is 26.1 Å². The molecule has 112 valence electrons. The largest absolute Gasteiger partial charge is 0.370 e. The van der Waals surface area contributed by atoms with E-state index in [1.165, 1.54) is 5.56 Å². The minimum absolute atomic E-state index is 0.0917. The van der Waals surface area contributed by atoms with E-state index in [2.05, 4.69) is 30.4 Å². The van der Waals surface area contributed by atoms with Crippen LogP contribution in [0.4, 0.5) is 5.82 Å². The summed E-state index contributed by atoms with van der Waals surface area (Å²) in [7, 11) is 3.34. The molecule has 1 aromatic carbocycles. The normalized spacial score (nSPS) is 17.6. The molecule has 0 saturated heterocycles. The first kappa shape index (κ1) is 14.1. The van der Waals surface area contributed by atoms with Gasteiger partial charge in [0.15, 0.2) is 6.29 Å². The molecular formula is C16H21N3O2. The van der Waals surface area contributed by atoms with Crippen molar-refractivity contribution in [3.8, 4) is 11.3 Å². The van der Waals surface area contributed by atoms with E-state index in [-0.39, 0.29) is 12.3 Å². The van der Waals surface area contributed by atoms with Crippen molar-refractivity contribution in [1.29, 1.82) is 0 Å².